The molecule has 2 aliphatic carbocycles. The third-order valence-corrected chi connectivity index (χ3v) is 6.14. The van der Waals surface area contributed by atoms with E-state index in [9.17, 15) is 0 Å². The second-order valence-corrected chi connectivity index (χ2v) is 8.30. The number of benzene rings is 3. The van der Waals surface area contributed by atoms with Crippen LogP contribution in [0.1, 0.15) is 37.0 Å². The van der Waals surface area contributed by atoms with Gasteiger partial charge in [-0.1, -0.05) is 92.7 Å². The molecule has 3 aromatic rings. The minimum absolute atomic E-state index is 0.0480. The van der Waals surface area contributed by atoms with E-state index in [0.717, 1.165) is 6.42 Å². The molecule has 28 heavy (non-hydrogen) atoms. The van der Waals surface area contributed by atoms with Crippen molar-refractivity contribution in [3.05, 3.63) is 108 Å². The monoisotopic (exact) mass is 363 g/mol. The lowest BCUT2D eigenvalue weighted by Crippen LogP contribution is -2.19. The van der Waals surface area contributed by atoms with E-state index < -0.39 is 0 Å². The summed E-state index contributed by atoms with van der Waals surface area (Å²) < 4.78 is 0. The van der Waals surface area contributed by atoms with Crippen LogP contribution < -0.4 is 5.32 Å². The summed E-state index contributed by atoms with van der Waals surface area (Å²) in [6, 6.07) is 26.6. The lowest BCUT2D eigenvalue weighted by molar-refractivity contribution is 0.660. The summed E-state index contributed by atoms with van der Waals surface area (Å²) in [7, 11) is 0. The Balaban J connectivity index is 1.37. The SMILES string of the molecule is CC1(C)c2ccccc2-c2ccc(NC3C=CC(c4ccccc4)=CC3)cc21. The van der Waals surface area contributed by atoms with Gasteiger partial charge in [0.05, 0.1) is 0 Å². The Morgan fingerprint density at radius 1 is 0.821 bits per heavy atom. The minimum atomic E-state index is 0.0480. The molecule has 5 rings (SSSR count). The second-order valence-electron chi connectivity index (χ2n) is 8.30. The first-order valence-electron chi connectivity index (χ1n) is 10.1. The summed E-state index contributed by atoms with van der Waals surface area (Å²) in [6.07, 6.45) is 7.86. The molecule has 0 fully saturated rings. The number of anilines is 1. The van der Waals surface area contributed by atoms with Gasteiger partial charge in [0, 0.05) is 17.1 Å². The number of rotatable bonds is 3. The zero-order valence-electron chi connectivity index (χ0n) is 16.4. The maximum Gasteiger partial charge on any atom is 0.0482 e. The van der Waals surface area contributed by atoms with Gasteiger partial charge in [-0.2, -0.15) is 0 Å². The van der Waals surface area contributed by atoms with Crippen molar-refractivity contribution >= 4 is 11.3 Å². The molecule has 0 heterocycles. The zero-order chi connectivity index (χ0) is 19.1. The molecule has 0 radical (unpaired) electrons. The largest absolute Gasteiger partial charge is 0.379 e. The maximum atomic E-state index is 3.72. The molecule has 0 spiro atoms. The van der Waals surface area contributed by atoms with Crippen molar-refractivity contribution in [1.82, 2.24) is 0 Å². The van der Waals surface area contributed by atoms with Crippen LogP contribution in [-0.2, 0) is 5.41 Å². The fourth-order valence-corrected chi connectivity index (χ4v) is 4.58. The molecular weight excluding hydrogens is 338 g/mol. The summed E-state index contributed by atoms with van der Waals surface area (Å²) in [6.45, 7) is 4.66. The van der Waals surface area contributed by atoms with Crippen LogP contribution in [0, 0.1) is 0 Å². The number of hydrogen-bond acceptors (Lipinski definition) is 1. The highest BCUT2D eigenvalue weighted by molar-refractivity contribution is 5.82. The molecule has 0 aromatic heterocycles. The Morgan fingerprint density at radius 3 is 2.36 bits per heavy atom. The van der Waals surface area contributed by atoms with Gasteiger partial charge in [0.1, 0.15) is 0 Å². The normalized spacial score (nSPS) is 18.9. The third-order valence-electron chi connectivity index (χ3n) is 6.14. The highest BCUT2D eigenvalue weighted by Gasteiger charge is 2.35. The van der Waals surface area contributed by atoms with Gasteiger partial charge in [-0.25, -0.2) is 0 Å². The Bertz CT molecular complexity index is 1090. The molecule has 0 saturated heterocycles. The average Bonchev–Trinajstić information content (AvgIpc) is 2.97. The van der Waals surface area contributed by atoms with E-state index in [2.05, 4.69) is 110 Å². The van der Waals surface area contributed by atoms with Crippen molar-refractivity contribution in [3.63, 3.8) is 0 Å². The molecule has 0 aliphatic heterocycles. The molecule has 1 atom stereocenters. The predicted molar refractivity (Wildman–Crippen MR) is 120 cm³/mol. The molecular formula is C27H25N. The standard InChI is InChI=1S/C27H25N/c1-27(2)25-11-7-6-10-23(25)24-17-16-22(18-26(24)27)28-21-14-12-20(13-15-21)19-8-4-3-5-9-19/h3-14,16-18,21,28H,15H2,1-2H3. The molecule has 1 unspecified atom stereocenters. The zero-order valence-corrected chi connectivity index (χ0v) is 16.4. The lowest BCUT2D eigenvalue weighted by atomic mass is 9.82. The lowest BCUT2D eigenvalue weighted by Gasteiger charge is -2.23. The van der Waals surface area contributed by atoms with Gasteiger partial charge in [-0.3, -0.25) is 0 Å². The van der Waals surface area contributed by atoms with Crippen molar-refractivity contribution in [3.8, 4) is 11.1 Å². The molecule has 1 heteroatoms. The Hall–Kier alpha value is -3.06. The predicted octanol–water partition coefficient (Wildman–Crippen LogP) is 6.82. The maximum absolute atomic E-state index is 3.72. The topological polar surface area (TPSA) is 12.0 Å². The van der Waals surface area contributed by atoms with Crippen molar-refractivity contribution in [2.45, 2.75) is 31.7 Å². The van der Waals surface area contributed by atoms with Crippen LogP contribution in [-0.4, -0.2) is 6.04 Å². The van der Waals surface area contributed by atoms with Crippen LogP contribution in [0.25, 0.3) is 16.7 Å². The van der Waals surface area contributed by atoms with Crippen LogP contribution in [0.2, 0.25) is 0 Å². The summed E-state index contributed by atoms with van der Waals surface area (Å²) in [5, 5.41) is 3.72. The van der Waals surface area contributed by atoms with Crippen molar-refractivity contribution < 1.29 is 0 Å². The molecule has 1 nitrogen and oxygen atoms in total. The Morgan fingerprint density at radius 2 is 1.57 bits per heavy atom. The molecule has 2 aliphatic rings. The van der Waals surface area contributed by atoms with Gasteiger partial charge in [0.25, 0.3) is 0 Å². The molecule has 138 valence electrons. The van der Waals surface area contributed by atoms with Crippen LogP contribution in [0.3, 0.4) is 0 Å². The second kappa shape index (κ2) is 6.53. The minimum Gasteiger partial charge on any atom is -0.379 e. The van der Waals surface area contributed by atoms with Crippen molar-refractivity contribution in [1.29, 1.82) is 0 Å². The number of nitrogens with one attached hydrogen (secondary N) is 1. The Labute approximate surface area is 167 Å². The van der Waals surface area contributed by atoms with Crippen molar-refractivity contribution in [2.24, 2.45) is 0 Å². The van der Waals surface area contributed by atoms with E-state index in [-0.39, 0.29) is 5.41 Å². The van der Waals surface area contributed by atoms with E-state index in [4.69, 9.17) is 0 Å². The quantitative estimate of drug-likeness (QED) is 0.538. The van der Waals surface area contributed by atoms with E-state index in [0.29, 0.717) is 6.04 Å². The van der Waals surface area contributed by atoms with Gasteiger partial charge in [-0.15, -0.1) is 0 Å². The number of hydrogen-bond donors (Lipinski definition) is 1. The van der Waals surface area contributed by atoms with Crippen LogP contribution in [0.4, 0.5) is 5.69 Å². The van der Waals surface area contributed by atoms with E-state index in [1.165, 1.54) is 39.1 Å². The van der Waals surface area contributed by atoms with E-state index in [1.807, 2.05) is 0 Å². The van der Waals surface area contributed by atoms with Gasteiger partial charge in [-0.05, 0) is 51.9 Å². The van der Waals surface area contributed by atoms with Crippen molar-refractivity contribution in [2.75, 3.05) is 5.32 Å². The first kappa shape index (κ1) is 17.1. The van der Waals surface area contributed by atoms with Gasteiger partial charge < -0.3 is 5.32 Å². The molecule has 0 amide bonds. The first-order valence-corrected chi connectivity index (χ1v) is 10.1. The summed E-state index contributed by atoms with van der Waals surface area (Å²) in [4.78, 5) is 0. The van der Waals surface area contributed by atoms with E-state index >= 15 is 0 Å². The first-order chi connectivity index (χ1) is 13.6. The highest BCUT2D eigenvalue weighted by atomic mass is 14.9. The molecule has 0 bridgehead atoms. The van der Waals surface area contributed by atoms with Crippen LogP contribution >= 0.6 is 0 Å². The van der Waals surface area contributed by atoms with Gasteiger partial charge in [0.15, 0.2) is 0 Å². The summed E-state index contributed by atoms with van der Waals surface area (Å²) in [5.74, 6) is 0. The molecule has 1 N–H and O–H groups in total. The van der Waals surface area contributed by atoms with Gasteiger partial charge >= 0.3 is 0 Å². The fourth-order valence-electron chi connectivity index (χ4n) is 4.58. The summed E-state index contributed by atoms with van der Waals surface area (Å²) in [5.41, 5.74) is 9.43. The number of allylic oxidation sites excluding steroid dienone is 2. The van der Waals surface area contributed by atoms with E-state index in [1.54, 1.807) is 0 Å². The molecule has 3 aromatic carbocycles. The highest BCUT2D eigenvalue weighted by Crippen LogP contribution is 2.49. The average molecular weight is 364 g/mol. The van der Waals surface area contributed by atoms with Gasteiger partial charge in [0.2, 0.25) is 0 Å². The third kappa shape index (κ3) is 2.79. The van der Waals surface area contributed by atoms with Crippen LogP contribution in [0.5, 0.6) is 0 Å². The van der Waals surface area contributed by atoms with Crippen LogP contribution in [0.15, 0.2) is 91.0 Å². The summed E-state index contributed by atoms with van der Waals surface area (Å²) >= 11 is 0. The molecule has 0 saturated carbocycles. The fraction of sp³-hybridized carbons (Fsp3) is 0.185. The smallest absolute Gasteiger partial charge is 0.0482 e. The number of fused-ring (bicyclic) bond motifs is 3. The Kier molecular flexibility index (Phi) is 3.98.